The lowest BCUT2D eigenvalue weighted by atomic mass is 10.2. The Morgan fingerprint density at radius 2 is 1.85 bits per heavy atom. The fraction of sp³-hybridized carbons (Fsp3) is 0.129. The first-order valence-corrected chi connectivity index (χ1v) is 13.7. The predicted molar refractivity (Wildman–Crippen MR) is 155 cm³/mol. The molecule has 2 aromatic carbocycles. The highest BCUT2D eigenvalue weighted by Crippen LogP contribution is 2.30. The van der Waals surface area contributed by atoms with E-state index in [1.807, 2.05) is 83.7 Å². The molecule has 10 heteroatoms. The normalized spacial score (nSPS) is 11.3. The first kappa shape index (κ1) is 26.1. The molecule has 0 unspecified atom stereocenters. The largest absolute Gasteiger partial charge is 0.493 e. The second-order valence-corrected chi connectivity index (χ2v) is 9.68. The molecule has 0 aliphatic carbocycles. The van der Waals surface area contributed by atoms with Gasteiger partial charge in [-0.25, -0.2) is 14.6 Å². The summed E-state index contributed by atoms with van der Waals surface area (Å²) in [5.74, 6) is 3.32. The van der Waals surface area contributed by atoms with E-state index < -0.39 is 0 Å². The zero-order chi connectivity index (χ0) is 28.0. The van der Waals surface area contributed by atoms with Crippen molar-refractivity contribution in [1.82, 2.24) is 19.7 Å². The van der Waals surface area contributed by atoms with E-state index in [-0.39, 0.29) is 6.61 Å². The van der Waals surface area contributed by atoms with Crippen molar-refractivity contribution in [2.24, 2.45) is 0 Å². The lowest BCUT2D eigenvalue weighted by molar-refractivity contribution is 0.275. The Labute approximate surface area is 240 Å². The Bertz CT molecular complexity index is 1740. The monoisotopic (exact) mass is 566 g/mol. The minimum atomic E-state index is 0.219. The molecule has 206 valence electrons. The molecular formula is C31H26N4O5S. The third-order valence-corrected chi connectivity index (χ3v) is 6.80. The number of nitrogens with zero attached hydrogens (tertiary/aromatic N) is 4. The minimum absolute atomic E-state index is 0.219. The molecule has 0 saturated heterocycles. The summed E-state index contributed by atoms with van der Waals surface area (Å²) in [6.07, 6.45) is 5.51. The standard InChI is InChI=1S/C31H26N4O5S/c1-21-26(33-31(40-21)28-9-6-14-37-28)18-38-27-13-10-22(15-29(27)36-2)17-39-30-16-25(12-11-23-19-41-20-32-23)35(34-30)24-7-4-3-5-8-24/h3-16,19-20H,17-18H2,1-2H3/b12-11+. The maximum Gasteiger partial charge on any atom is 0.263 e. The van der Waals surface area contributed by atoms with Gasteiger partial charge in [0.05, 0.1) is 36.0 Å². The van der Waals surface area contributed by atoms with Crippen LogP contribution in [0.3, 0.4) is 0 Å². The van der Waals surface area contributed by atoms with Gasteiger partial charge >= 0.3 is 0 Å². The molecule has 0 aliphatic rings. The van der Waals surface area contributed by atoms with E-state index in [0.29, 0.717) is 47.1 Å². The van der Waals surface area contributed by atoms with Crippen LogP contribution in [0, 0.1) is 6.92 Å². The summed E-state index contributed by atoms with van der Waals surface area (Å²) < 4.78 is 30.6. The topological polar surface area (TPSA) is 97.6 Å². The van der Waals surface area contributed by atoms with E-state index >= 15 is 0 Å². The summed E-state index contributed by atoms with van der Waals surface area (Å²) >= 11 is 1.55. The molecule has 0 radical (unpaired) electrons. The van der Waals surface area contributed by atoms with Gasteiger partial charge in [-0.3, -0.25) is 0 Å². The Hall–Kier alpha value is -5.09. The fourth-order valence-corrected chi connectivity index (χ4v) is 4.63. The molecule has 6 aromatic rings. The van der Waals surface area contributed by atoms with E-state index in [1.54, 1.807) is 42.4 Å². The Morgan fingerprint density at radius 1 is 0.951 bits per heavy atom. The second-order valence-electron chi connectivity index (χ2n) is 8.96. The zero-order valence-electron chi connectivity index (χ0n) is 22.4. The molecule has 9 nitrogen and oxygen atoms in total. The van der Waals surface area contributed by atoms with Gasteiger partial charge in [-0.2, -0.15) is 0 Å². The van der Waals surface area contributed by atoms with Crippen molar-refractivity contribution in [2.75, 3.05) is 7.11 Å². The number of thiazole rings is 1. The molecular weight excluding hydrogens is 540 g/mol. The minimum Gasteiger partial charge on any atom is -0.493 e. The van der Waals surface area contributed by atoms with E-state index in [9.17, 15) is 0 Å². The smallest absolute Gasteiger partial charge is 0.263 e. The molecule has 0 bridgehead atoms. The molecule has 0 fully saturated rings. The van der Waals surface area contributed by atoms with Crippen LogP contribution in [0.25, 0.3) is 29.5 Å². The summed E-state index contributed by atoms with van der Waals surface area (Å²) in [7, 11) is 1.60. The number of oxazole rings is 1. The third kappa shape index (κ3) is 6.07. The molecule has 0 spiro atoms. The number of aryl methyl sites for hydroxylation is 1. The van der Waals surface area contributed by atoms with E-state index in [2.05, 4.69) is 9.97 Å². The number of para-hydroxylation sites is 1. The fourth-order valence-electron chi connectivity index (χ4n) is 4.10. The van der Waals surface area contributed by atoms with Crippen LogP contribution in [0.2, 0.25) is 0 Å². The number of rotatable bonds is 11. The van der Waals surface area contributed by atoms with Crippen molar-refractivity contribution >= 4 is 23.5 Å². The number of benzene rings is 2. The highest BCUT2D eigenvalue weighted by Gasteiger charge is 2.16. The average Bonchev–Trinajstić information content (AvgIpc) is 3.82. The summed E-state index contributed by atoms with van der Waals surface area (Å²) in [6, 6.07) is 21.1. The van der Waals surface area contributed by atoms with Crippen LogP contribution < -0.4 is 14.2 Å². The van der Waals surface area contributed by atoms with Gasteiger partial charge in [0.25, 0.3) is 5.89 Å². The lowest BCUT2D eigenvalue weighted by Crippen LogP contribution is -2.02. The molecule has 0 atom stereocenters. The van der Waals surface area contributed by atoms with Crippen LogP contribution in [-0.4, -0.2) is 26.9 Å². The maximum absolute atomic E-state index is 6.09. The molecule has 0 aliphatic heterocycles. The van der Waals surface area contributed by atoms with Gasteiger partial charge in [-0.15, -0.1) is 16.4 Å². The quantitative estimate of drug-likeness (QED) is 0.162. The number of methoxy groups -OCH3 is 1. The van der Waals surface area contributed by atoms with Gasteiger partial charge in [0.15, 0.2) is 17.3 Å². The lowest BCUT2D eigenvalue weighted by Gasteiger charge is -2.12. The van der Waals surface area contributed by atoms with Gasteiger partial charge in [0.2, 0.25) is 5.88 Å². The van der Waals surface area contributed by atoms with Crippen LogP contribution in [-0.2, 0) is 13.2 Å². The van der Waals surface area contributed by atoms with Gasteiger partial charge in [0.1, 0.15) is 24.7 Å². The Kier molecular flexibility index (Phi) is 7.63. The predicted octanol–water partition coefficient (Wildman–Crippen LogP) is 7.22. The second kappa shape index (κ2) is 12.0. The highest BCUT2D eigenvalue weighted by atomic mass is 32.1. The van der Waals surface area contributed by atoms with E-state index in [4.69, 9.17) is 28.1 Å². The van der Waals surface area contributed by atoms with Crippen LogP contribution >= 0.6 is 11.3 Å². The van der Waals surface area contributed by atoms with Crippen LogP contribution in [0.5, 0.6) is 17.4 Å². The Morgan fingerprint density at radius 3 is 2.63 bits per heavy atom. The summed E-state index contributed by atoms with van der Waals surface area (Å²) in [5.41, 5.74) is 6.09. The summed E-state index contributed by atoms with van der Waals surface area (Å²) in [4.78, 5) is 8.82. The highest BCUT2D eigenvalue weighted by molar-refractivity contribution is 7.07. The molecule has 6 rings (SSSR count). The molecule has 0 N–H and O–H groups in total. The Balaban J connectivity index is 1.15. The van der Waals surface area contributed by atoms with Crippen LogP contribution in [0.1, 0.15) is 28.4 Å². The van der Waals surface area contributed by atoms with Crippen molar-refractivity contribution in [3.63, 3.8) is 0 Å². The van der Waals surface area contributed by atoms with E-state index in [1.165, 1.54) is 0 Å². The van der Waals surface area contributed by atoms with Crippen molar-refractivity contribution in [2.45, 2.75) is 20.1 Å². The van der Waals surface area contributed by atoms with Crippen LogP contribution in [0.4, 0.5) is 0 Å². The number of furan rings is 1. The molecule has 0 amide bonds. The van der Waals surface area contributed by atoms with Crippen LogP contribution in [0.15, 0.2) is 92.7 Å². The van der Waals surface area contributed by atoms with E-state index in [0.717, 1.165) is 22.6 Å². The van der Waals surface area contributed by atoms with Gasteiger partial charge < -0.3 is 23.0 Å². The van der Waals surface area contributed by atoms with Gasteiger partial charge in [0, 0.05) is 11.4 Å². The van der Waals surface area contributed by atoms with Crippen molar-refractivity contribution in [3.8, 4) is 34.7 Å². The van der Waals surface area contributed by atoms with Crippen molar-refractivity contribution < 1.29 is 23.0 Å². The molecule has 4 aromatic heterocycles. The summed E-state index contributed by atoms with van der Waals surface area (Å²) in [5, 5.41) is 6.68. The zero-order valence-corrected chi connectivity index (χ0v) is 23.2. The average molecular weight is 567 g/mol. The molecule has 0 saturated carbocycles. The number of ether oxygens (including phenoxy) is 3. The van der Waals surface area contributed by atoms with Gasteiger partial charge in [-0.1, -0.05) is 24.3 Å². The van der Waals surface area contributed by atoms with Gasteiger partial charge in [-0.05, 0) is 61.0 Å². The van der Waals surface area contributed by atoms with Crippen molar-refractivity contribution in [1.29, 1.82) is 0 Å². The molecule has 4 heterocycles. The maximum atomic E-state index is 6.09. The first-order valence-electron chi connectivity index (χ1n) is 12.8. The molecule has 41 heavy (non-hydrogen) atoms. The first-order chi connectivity index (χ1) is 20.2. The number of aromatic nitrogens is 4. The number of hydrogen-bond acceptors (Lipinski definition) is 9. The number of hydrogen-bond donors (Lipinski definition) is 0. The van der Waals surface area contributed by atoms with Crippen molar-refractivity contribution in [3.05, 3.63) is 112 Å². The third-order valence-electron chi connectivity index (χ3n) is 6.20. The SMILES string of the molecule is COc1cc(COc2cc(/C=C/c3cscn3)n(-c3ccccc3)n2)ccc1OCc1nc(-c2ccco2)oc1C. The summed E-state index contributed by atoms with van der Waals surface area (Å²) in [6.45, 7) is 2.36.